The maximum Gasteiger partial charge on any atom is 0.238 e. The highest BCUT2D eigenvalue weighted by Crippen LogP contribution is 2.40. The van der Waals surface area contributed by atoms with Gasteiger partial charge in [0, 0.05) is 24.2 Å². The summed E-state index contributed by atoms with van der Waals surface area (Å²) in [4.78, 5) is 14.6. The van der Waals surface area contributed by atoms with Gasteiger partial charge in [0.15, 0.2) is 11.6 Å². The highest BCUT2D eigenvalue weighted by molar-refractivity contribution is 7.88. The Balaban J connectivity index is 1.33. The molecule has 2 heterocycles. The van der Waals surface area contributed by atoms with Gasteiger partial charge >= 0.3 is 0 Å². The second kappa shape index (κ2) is 10.1. The van der Waals surface area contributed by atoms with Gasteiger partial charge in [0.25, 0.3) is 0 Å². The quantitative estimate of drug-likeness (QED) is 0.551. The molecule has 0 saturated carbocycles. The van der Waals surface area contributed by atoms with Crippen LogP contribution in [0.15, 0.2) is 42.5 Å². The third-order valence-corrected chi connectivity index (χ3v) is 8.15. The minimum atomic E-state index is -3.66. The molecular weight excluding hydrogens is 467 g/mol. The van der Waals surface area contributed by atoms with Crippen molar-refractivity contribution in [3.05, 3.63) is 71.0 Å². The van der Waals surface area contributed by atoms with Gasteiger partial charge in [-0.3, -0.25) is 4.79 Å². The topological polar surface area (TPSA) is 92.5 Å². The first kappa shape index (κ1) is 24.7. The van der Waals surface area contributed by atoms with E-state index < -0.39 is 33.5 Å². The SMILES string of the molecule is N[C@H](Cc1cc(F)c(F)cc1F)C1C[C@H]2CC[C@H](C1)N2C(=O)CNS(=O)(=O)Cc1ccccc1. The Kier molecular flexibility index (Phi) is 7.30. The fraction of sp³-hybridized carbons (Fsp3) is 0.458. The average molecular weight is 496 g/mol. The molecule has 0 unspecified atom stereocenters. The zero-order valence-corrected chi connectivity index (χ0v) is 19.4. The van der Waals surface area contributed by atoms with Crippen molar-refractivity contribution in [2.45, 2.75) is 56.0 Å². The first-order chi connectivity index (χ1) is 16.1. The molecule has 2 saturated heterocycles. The van der Waals surface area contributed by atoms with Crippen molar-refractivity contribution in [3.8, 4) is 0 Å². The number of nitrogens with zero attached hydrogens (tertiary/aromatic N) is 1. The van der Waals surface area contributed by atoms with Crippen LogP contribution in [0.2, 0.25) is 0 Å². The minimum Gasteiger partial charge on any atom is -0.336 e. The Morgan fingerprint density at radius 3 is 2.29 bits per heavy atom. The third-order valence-electron chi connectivity index (χ3n) is 6.85. The second-order valence-electron chi connectivity index (χ2n) is 9.21. The van der Waals surface area contributed by atoms with Crippen LogP contribution in [0.4, 0.5) is 13.2 Å². The number of sulfonamides is 1. The Bertz CT molecular complexity index is 1130. The van der Waals surface area contributed by atoms with Crippen LogP contribution in [-0.4, -0.2) is 43.9 Å². The molecule has 2 aliphatic rings. The van der Waals surface area contributed by atoms with Crippen LogP contribution in [0.5, 0.6) is 0 Å². The van der Waals surface area contributed by atoms with Gasteiger partial charge in [-0.25, -0.2) is 26.3 Å². The van der Waals surface area contributed by atoms with E-state index in [1.54, 1.807) is 35.2 Å². The van der Waals surface area contributed by atoms with E-state index in [9.17, 15) is 26.4 Å². The molecule has 184 valence electrons. The second-order valence-corrected chi connectivity index (χ2v) is 11.0. The summed E-state index contributed by atoms with van der Waals surface area (Å²) in [5.41, 5.74) is 6.99. The van der Waals surface area contributed by atoms with E-state index in [-0.39, 0.29) is 48.2 Å². The van der Waals surface area contributed by atoms with Crippen molar-refractivity contribution in [2.75, 3.05) is 6.54 Å². The van der Waals surface area contributed by atoms with Crippen LogP contribution in [0.25, 0.3) is 0 Å². The third kappa shape index (κ3) is 5.61. The highest BCUT2D eigenvalue weighted by Gasteiger charge is 2.44. The number of hydrogen-bond donors (Lipinski definition) is 2. The lowest BCUT2D eigenvalue weighted by Gasteiger charge is -2.41. The number of nitrogens with one attached hydrogen (secondary N) is 1. The summed E-state index contributed by atoms with van der Waals surface area (Å²) in [6.45, 7) is -0.307. The molecule has 3 atom stereocenters. The number of amides is 1. The fourth-order valence-electron chi connectivity index (χ4n) is 5.22. The molecule has 1 amide bonds. The molecule has 0 aliphatic carbocycles. The zero-order valence-electron chi connectivity index (χ0n) is 18.6. The Morgan fingerprint density at radius 1 is 1.03 bits per heavy atom. The van der Waals surface area contributed by atoms with Crippen molar-refractivity contribution in [1.82, 2.24) is 9.62 Å². The Morgan fingerprint density at radius 2 is 1.65 bits per heavy atom. The van der Waals surface area contributed by atoms with Crippen LogP contribution in [0.1, 0.15) is 36.8 Å². The lowest BCUT2D eigenvalue weighted by Crippen LogP contribution is -2.52. The summed E-state index contributed by atoms with van der Waals surface area (Å²) in [5.74, 6) is -3.66. The lowest BCUT2D eigenvalue weighted by molar-refractivity contribution is -0.135. The van der Waals surface area contributed by atoms with E-state index >= 15 is 0 Å². The monoisotopic (exact) mass is 495 g/mol. The summed E-state index contributed by atoms with van der Waals surface area (Å²) in [6, 6.07) is 9.49. The first-order valence-corrected chi connectivity index (χ1v) is 13.0. The zero-order chi connectivity index (χ0) is 24.5. The summed E-state index contributed by atoms with van der Waals surface area (Å²) < 4.78 is 67.9. The molecule has 10 heteroatoms. The number of carbonyl (C=O) groups excluding carboxylic acids is 1. The van der Waals surface area contributed by atoms with Crippen LogP contribution in [0.3, 0.4) is 0 Å². The van der Waals surface area contributed by atoms with Crippen LogP contribution in [-0.2, 0) is 27.0 Å². The van der Waals surface area contributed by atoms with Crippen molar-refractivity contribution < 1.29 is 26.4 Å². The molecule has 2 bridgehead atoms. The molecule has 6 nitrogen and oxygen atoms in total. The van der Waals surface area contributed by atoms with Crippen molar-refractivity contribution in [1.29, 1.82) is 0 Å². The standard InChI is InChI=1S/C24H28F3N3O3S/c25-20-12-22(27)21(26)10-16(20)11-23(28)17-8-18-6-7-19(9-17)30(18)24(31)13-29-34(32,33)14-15-4-2-1-3-5-15/h1-5,10,12,17-19,23,29H,6-9,11,13-14,28H2/t18-,19-,23-/m1/s1. The van der Waals surface area contributed by atoms with Gasteiger partial charge in [0.1, 0.15) is 5.82 Å². The number of fused-ring (bicyclic) bond motifs is 2. The Hall–Kier alpha value is -2.43. The normalized spacial score (nSPS) is 23.2. The van der Waals surface area contributed by atoms with Crippen molar-refractivity contribution >= 4 is 15.9 Å². The fourth-order valence-corrected chi connectivity index (χ4v) is 6.30. The number of carbonyl (C=O) groups is 1. The molecule has 2 aromatic rings. The number of rotatable bonds is 8. The molecule has 0 spiro atoms. The number of piperidine rings is 1. The van der Waals surface area contributed by atoms with E-state index in [4.69, 9.17) is 5.73 Å². The first-order valence-electron chi connectivity index (χ1n) is 11.3. The van der Waals surface area contributed by atoms with Gasteiger partial charge < -0.3 is 10.6 Å². The maximum atomic E-state index is 14.0. The number of benzene rings is 2. The molecule has 4 rings (SSSR count). The molecular formula is C24H28F3N3O3S. The van der Waals surface area contributed by atoms with Crippen molar-refractivity contribution in [3.63, 3.8) is 0 Å². The van der Waals surface area contributed by atoms with Crippen LogP contribution >= 0.6 is 0 Å². The molecule has 2 aromatic carbocycles. The molecule has 2 aliphatic heterocycles. The van der Waals surface area contributed by atoms with Crippen molar-refractivity contribution in [2.24, 2.45) is 11.7 Å². The summed E-state index contributed by atoms with van der Waals surface area (Å²) >= 11 is 0. The predicted octanol–water partition coefficient (Wildman–Crippen LogP) is 2.86. The number of halogens is 3. The molecule has 2 fully saturated rings. The smallest absolute Gasteiger partial charge is 0.238 e. The van der Waals surface area contributed by atoms with Gasteiger partial charge in [-0.05, 0) is 55.2 Å². The average Bonchev–Trinajstić information content (AvgIpc) is 3.05. The van der Waals surface area contributed by atoms with E-state index in [0.717, 1.165) is 18.9 Å². The van der Waals surface area contributed by atoms with E-state index in [2.05, 4.69) is 4.72 Å². The van der Waals surface area contributed by atoms with Gasteiger partial charge in [-0.15, -0.1) is 0 Å². The lowest BCUT2D eigenvalue weighted by atomic mass is 9.82. The molecule has 0 radical (unpaired) electrons. The van der Waals surface area contributed by atoms with Crippen LogP contribution < -0.4 is 10.5 Å². The molecule has 3 N–H and O–H groups in total. The summed E-state index contributed by atoms with van der Waals surface area (Å²) in [7, 11) is -3.66. The van der Waals surface area contributed by atoms with E-state index in [1.807, 2.05) is 0 Å². The largest absolute Gasteiger partial charge is 0.336 e. The molecule has 0 aromatic heterocycles. The Labute approximate surface area is 197 Å². The summed E-state index contributed by atoms with van der Waals surface area (Å²) in [5, 5.41) is 0. The number of hydrogen-bond acceptors (Lipinski definition) is 4. The van der Waals surface area contributed by atoms with Gasteiger partial charge in [-0.2, -0.15) is 0 Å². The minimum absolute atomic E-state index is 0.0103. The van der Waals surface area contributed by atoms with Crippen LogP contribution in [0, 0.1) is 23.4 Å². The van der Waals surface area contributed by atoms with Gasteiger partial charge in [0.05, 0.1) is 12.3 Å². The van der Waals surface area contributed by atoms with E-state index in [0.29, 0.717) is 24.5 Å². The highest BCUT2D eigenvalue weighted by atomic mass is 32.2. The summed E-state index contributed by atoms with van der Waals surface area (Å²) in [6.07, 6.45) is 2.85. The predicted molar refractivity (Wildman–Crippen MR) is 121 cm³/mol. The molecule has 34 heavy (non-hydrogen) atoms. The van der Waals surface area contributed by atoms with E-state index in [1.165, 1.54) is 0 Å². The van der Waals surface area contributed by atoms with Gasteiger partial charge in [-0.1, -0.05) is 30.3 Å². The maximum absolute atomic E-state index is 14.0. The number of nitrogens with two attached hydrogens (primary N) is 1. The van der Waals surface area contributed by atoms with Gasteiger partial charge in [0.2, 0.25) is 15.9 Å².